The number of rotatable bonds is 4. The van der Waals surface area contributed by atoms with Crippen molar-refractivity contribution in [2.24, 2.45) is 0 Å². The van der Waals surface area contributed by atoms with Gasteiger partial charge in [0, 0.05) is 11.9 Å². The Morgan fingerprint density at radius 2 is 2.00 bits per heavy atom. The number of hydrogen-bond acceptors (Lipinski definition) is 2. The number of aromatic nitrogens is 1. The topological polar surface area (TPSA) is 4.93 Å². The van der Waals surface area contributed by atoms with Gasteiger partial charge in [0.05, 0.1) is 5.69 Å². The van der Waals surface area contributed by atoms with E-state index in [1.54, 1.807) is 0 Å². The zero-order valence-corrected chi connectivity index (χ0v) is 11.1. The molecule has 0 bridgehead atoms. The standard InChI is InChI=1S/C13H11F2NS2/c14-12(15)7-4-8-16-11(9-18-13(16)17)10-5-2-1-3-6-10/h1-3,5-7,9H,4,8H2. The highest BCUT2D eigenvalue weighted by atomic mass is 32.1. The molecule has 0 aliphatic heterocycles. The van der Waals surface area contributed by atoms with Crippen molar-refractivity contribution in [2.45, 2.75) is 13.0 Å². The van der Waals surface area contributed by atoms with E-state index in [9.17, 15) is 8.78 Å². The molecule has 94 valence electrons. The highest BCUT2D eigenvalue weighted by molar-refractivity contribution is 7.73. The van der Waals surface area contributed by atoms with Crippen LogP contribution < -0.4 is 0 Å². The van der Waals surface area contributed by atoms with Crippen molar-refractivity contribution >= 4 is 23.6 Å². The van der Waals surface area contributed by atoms with Gasteiger partial charge < -0.3 is 4.57 Å². The van der Waals surface area contributed by atoms with Crippen LogP contribution in [0.3, 0.4) is 0 Å². The van der Waals surface area contributed by atoms with Gasteiger partial charge in [0.25, 0.3) is 6.08 Å². The molecule has 1 aromatic heterocycles. The molecule has 0 aliphatic carbocycles. The summed E-state index contributed by atoms with van der Waals surface area (Å²) >= 11 is 6.68. The Morgan fingerprint density at radius 3 is 2.67 bits per heavy atom. The number of halogens is 2. The van der Waals surface area contributed by atoms with Gasteiger partial charge in [-0.2, -0.15) is 8.78 Å². The van der Waals surface area contributed by atoms with Crippen molar-refractivity contribution in [3.05, 3.63) is 51.8 Å². The lowest BCUT2D eigenvalue weighted by Gasteiger charge is -2.07. The lowest BCUT2D eigenvalue weighted by Crippen LogP contribution is -1.99. The second-order valence-corrected chi connectivity index (χ2v) is 5.19. The summed E-state index contributed by atoms with van der Waals surface area (Å²) in [6, 6.07) is 9.80. The van der Waals surface area contributed by atoms with Gasteiger partial charge in [-0.15, -0.1) is 11.3 Å². The molecule has 0 atom stereocenters. The van der Waals surface area contributed by atoms with Crippen molar-refractivity contribution in [3.63, 3.8) is 0 Å². The van der Waals surface area contributed by atoms with E-state index in [0.29, 0.717) is 10.5 Å². The van der Waals surface area contributed by atoms with Crippen LogP contribution in [-0.4, -0.2) is 4.57 Å². The summed E-state index contributed by atoms with van der Waals surface area (Å²) < 4.78 is 26.6. The highest BCUT2D eigenvalue weighted by Gasteiger charge is 2.05. The van der Waals surface area contributed by atoms with Gasteiger partial charge in [0.15, 0.2) is 3.95 Å². The van der Waals surface area contributed by atoms with Crippen LogP contribution in [0.15, 0.2) is 47.9 Å². The van der Waals surface area contributed by atoms with E-state index in [-0.39, 0.29) is 6.42 Å². The second-order valence-electron chi connectivity index (χ2n) is 3.69. The van der Waals surface area contributed by atoms with E-state index < -0.39 is 6.08 Å². The van der Waals surface area contributed by atoms with Crippen LogP contribution in [0.1, 0.15) is 6.42 Å². The summed E-state index contributed by atoms with van der Waals surface area (Å²) in [4.78, 5) is 0. The predicted octanol–water partition coefficient (Wildman–Crippen LogP) is 5.12. The van der Waals surface area contributed by atoms with Gasteiger partial charge in [-0.1, -0.05) is 30.3 Å². The molecule has 0 spiro atoms. The van der Waals surface area contributed by atoms with E-state index in [4.69, 9.17) is 12.2 Å². The zero-order chi connectivity index (χ0) is 13.0. The molecule has 0 radical (unpaired) electrons. The molecule has 0 saturated heterocycles. The quantitative estimate of drug-likeness (QED) is 0.705. The first-order valence-electron chi connectivity index (χ1n) is 5.43. The van der Waals surface area contributed by atoms with E-state index in [1.165, 1.54) is 11.3 Å². The predicted molar refractivity (Wildman–Crippen MR) is 73.5 cm³/mol. The molecule has 1 heterocycles. The fraction of sp³-hybridized carbons (Fsp3) is 0.154. The van der Waals surface area contributed by atoms with Crippen LogP contribution in [0, 0.1) is 3.95 Å². The minimum absolute atomic E-state index is 0.285. The molecule has 0 saturated carbocycles. The smallest absolute Gasteiger partial charge is 0.266 e. The van der Waals surface area contributed by atoms with Gasteiger partial charge in [0.2, 0.25) is 0 Å². The third-order valence-corrected chi connectivity index (χ3v) is 3.78. The number of nitrogens with zero attached hydrogens (tertiary/aromatic N) is 1. The molecule has 2 rings (SSSR count). The third kappa shape index (κ3) is 3.11. The minimum atomic E-state index is -1.64. The Hall–Kier alpha value is -1.33. The number of thiazole rings is 1. The maximum Gasteiger partial charge on any atom is 0.266 e. The van der Waals surface area contributed by atoms with E-state index in [2.05, 4.69) is 0 Å². The Bertz CT molecular complexity index is 595. The largest absolute Gasteiger partial charge is 0.323 e. The molecular weight excluding hydrogens is 272 g/mol. The van der Waals surface area contributed by atoms with E-state index in [0.717, 1.165) is 17.3 Å². The van der Waals surface area contributed by atoms with Crippen LogP contribution in [0.2, 0.25) is 0 Å². The summed E-state index contributed by atoms with van der Waals surface area (Å²) in [5.74, 6) is 0. The summed E-state index contributed by atoms with van der Waals surface area (Å²) in [5, 5.41) is 1.97. The molecule has 0 N–H and O–H groups in total. The van der Waals surface area contributed by atoms with Crippen LogP contribution in [-0.2, 0) is 6.54 Å². The average molecular weight is 283 g/mol. The van der Waals surface area contributed by atoms with Gasteiger partial charge >= 0.3 is 0 Å². The first-order valence-corrected chi connectivity index (χ1v) is 6.72. The van der Waals surface area contributed by atoms with Crippen LogP contribution in [0.4, 0.5) is 8.78 Å². The first-order chi connectivity index (χ1) is 8.68. The molecule has 1 aromatic carbocycles. The van der Waals surface area contributed by atoms with Gasteiger partial charge in [-0.05, 0) is 30.3 Å². The highest BCUT2D eigenvalue weighted by Crippen LogP contribution is 2.24. The van der Waals surface area contributed by atoms with Crippen molar-refractivity contribution in [3.8, 4) is 11.3 Å². The third-order valence-electron chi connectivity index (χ3n) is 2.50. The van der Waals surface area contributed by atoms with E-state index in [1.807, 2.05) is 40.3 Å². The SMILES string of the molecule is FC(F)=CCCn1c(-c2ccccc2)csc1=S. The molecule has 0 unspecified atom stereocenters. The molecule has 2 aromatic rings. The van der Waals surface area contributed by atoms with Gasteiger partial charge in [0.1, 0.15) is 0 Å². The van der Waals surface area contributed by atoms with Crippen LogP contribution >= 0.6 is 23.6 Å². The lowest BCUT2D eigenvalue weighted by atomic mass is 10.2. The second kappa shape index (κ2) is 6.02. The Morgan fingerprint density at radius 1 is 1.28 bits per heavy atom. The Balaban J connectivity index is 2.28. The average Bonchev–Trinajstić information content (AvgIpc) is 2.72. The maximum atomic E-state index is 12.0. The maximum absolute atomic E-state index is 12.0. The van der Waals surface area contributed by atoms with E-state index >= 15 is 0 Å². The number of allylic oxidation sites excluding steroid dienone is 1. The molecule has 5 heteroatoms. The molecule has 18 heavy (non-hydrogen) atoms. The number of hydrogen-bond donors (Lipinski definition) is 0. The molecule has 0 aliphatic rings. The van der Waals surface area contributed by atoms with Crippen LogP contribution in [0.5, 0.6) is 0 Å². The van der Waals surface area contributed by atoms with Crippen LogP contribution in [0.25, 0.3) is 11.3 Å². The molecule has 0 amide bonds. The Kier molecular flexibility index (Phi) is 4.38. The summed E-state index contributed by atoms with van der Waals surface area (Å²) in [6.07, 6.45) is -0.431. The lowest BCUT2D eigenvalue weighted by molar-refractivity contribution is 0.416. The molecule has 1 nitrogen and oxygen atoms in total. The fourth-order valence-electron chi connectivity index (χ4n) is 1.68. The molecule has 0 fully saturated rings. The number of benzene rings is 1. The monoisotopic (exact) mass is 283 g/mol. The minimum Gasteiger partial charge on any atom is -0.323 e. The van der Waals surface area contributed by atoms with Crippen molar-refractivity contribution in [1.29, 1.82) is 0 Å². The van der Waals surface area contributed by atoms with Crippen molar-refractivity contribution in [2.75, 3.05) is 0 Å². The van der Waals surface area contributed by atoms with Crippen molar-refractivity contribution in [1.82, 2.24) is 4.57 Å². The fourth-order valence-corrected chi connectivity index (χ4v) is 2.81. The summed E-state index contributed by atoms with van der Waals surface area (Å²) in [5.41, 5.74) is 2.04. The Labute approximate surface area is 113 Å². The summed E-state index contributed by atoms with van der Waals surface area (Å²) in [6.45, 7) is 0.476. The van der Waals surface area contributed by atoms with Gasteiger partial charge in [-0.25, -0.2) is 0 Å². The van der Waals surface area contributed by atoms with Gasteiger partial charge in [-0.3, -0.25) is 0 Å². The first kappa shape index (κ1) is 13.1. The normalized spacial score (nSPS) is 10.3. The van der Waals surface area contributed by atoms with Crippen molar-refractivity contribution < 1.29 is 8.78 Å². The summed E-state index contributed by atoms with van der Waals surface area (Å²) in [7, 11) is 0. The zero-order valence-electron chi connectivity index (χ0n) is 9.48. The molecular formula is C13H11F2NS2.